The second kappa shape index (κ2) is 8.00. The van der Waals surface area contributed by atoms with Crippen molar-refractivity contribution in [3.05, 3.63) is 22.7 Å². The van der Waals surface area contributed by atoms with E-state index in [9.17, 15) is 8.42 Å². The first-order valence-electron chi connectivity index (χ1n) is 6.98. The van der Waals surface area contributed by atoms with Crippen molar-refractivity contribution in [3.63, 3.8) is 0 Å². The lowest BCUT2D eigenvalue weighted by Gasteiger charge is -2.18. The fraction of sp³-hybridized carbons (Fsp3) is 0.571. The average molecular weight is 363 g/mol. The van der Waals surface area contributed by atoms with Crippen molar-refractivity contribution < 1.29 is 8.42 Å². The number of unbranched alkanes of at least 4 members (excludes halogenated alkanes) is 1. The van der Waals surface area contributed by atoms with Crippen LogP contribution in [-0.4, -0.2) is 14.5 Å². The Morgan fingerprint density at radius 2 is 1.95 bits per heavy atom. The van der Waals surface area contributed by atoms with Gasteiger partial charge in [0, 0.05) is 16.2 Å². The van der Waals surface area contributed by atoms with Crippen LogP contribution in [0.1, 0.15) is 46.0 Å². The molecule has 0 bridgehead atoms. The first-order chi connectivity index (χ1) is 9.40. The minimum Gasteiger partial charge on any atom is -0.398 e. The van der Waals surface area contributed by atoms with Gasteiger partial charge in [0.25, 0.3) is 0 Å². The molecule has 1 aromatic rings. The van der Waals surface area contributed by atoms with E-state index < -0.39 is 10.0 Å². The Morgan fingerprint density at radius 3 is 2.50 bits per heavy atom. The lowest BCUT2D eigenvalue weighted by atomic mass is 10.1. The number of hydrogen-bond acceptors (Lipinski definition) is 3. The van der Waals surface area contributed by atoms with Crippen LogP contribution >= 0.6 is 15.9 Å². The summed E-state index contributed by atoms with van der Waals surface area (Å²) < 4.78 is 28.1. The third-order valence-electron chi connectivity index (χ3n) is 3.15. The van der Waals surface area contributed by atoms with Crippen LogP contribution in [0.15, 0.2) is 27.6 Å². The molecule has 1 unspecified atom stereocenters. The summed E-state index contributed by atoms with van der Waals surface area (Å²) in [5.74, 6) is 0. The quantitative estimate of drug-likeness (QED) is 0.692. The van der Waals surface area contributed by atoms with Gasteiger partial charge < -0.3 is 5.73 Å². The molecule has 0 saturated heterocycles. The van der Waals surface area contributed by atoms with Gasteiger partial charge in [-0.05, 0) is 47.0 Å². The fourth-order valence-electron chi connectivity index (χ4n) is 2.02. The Bertz CT molecular complexity index is 532. The topological polar surface area (TPSA) is 72.2 Å². The molecule has 0 fully saturated rings. The minimum absolute atomic E-state index is 0.00118. The third kappa shape index (κ3) is 5.07. The summed E-state index contributed by atoms with van der Waals surface area (Å²) in [5.41, 5.74) is 6.21. The van der Waals surface area contributed by atoms with Crippen molar-refractivity contribution in [1.82, 2.24) is 4.72 Å². The number of anilines is 1. The van der Waals surface area contributed by atoms with Gasteiger partial charge in [0.05, 0.1) is 4.90 Å². The maximum absolute atomic E-state index is 12.4. The molecule has 0 aliphatic carbocycles. The SMILES string of the molecule is CCCCC(CCC)NS(=O)(=O)c1ccc(N)c(Br)c1. The molecule has 1 rings (SSSR count). The number of benzene rings is 1. The molecule has 6 heteroatoms. The van der Waals surface area contributed by atoms with Gasteiger partial charge in [0.1, 0.15) is 0 Å². The van der Waals surface area contributed by atoms with Gasteiger partial charge in [-0.25, -0.2) is 13.1 Å². The first-order valence-corrected chi connectivity index (χ1v) is 9.25. The summed E-state index contributed by atoms with van der Waals surface area (Å²) in [4.78, 5) is 0.246. The number of nitrogens with one attached hydrogen (secondary N) is 1. The van der Waals surface area contributed by atoms with E-state index in [1.807, 2.05) is 0 Å². The molecule has 1 aromatic carbocycles. The van der Waals surface area contributed by atoms with E-state index >= 15 is 0 Å². The van der Waals surface area contributed by atoms with E-state index in [-0.39, 0.29) is 10.9 Å². The van der Waals surface area contributed by atoms with Gasteiger partial charge in [-0.3, -0.25) is 0 Å². The van der Waals surface area contributed by atoms with Crippen molar-refractivity contribution in [1.29, 1.82) is 0 Å². The Kier molecular flexibility index (Phi) is 6.99. The van der Waals surface area contributed by atoms with E-state index in [1.165, 1.54) is 6.07 Å². The van der Waals surface area contributed by atoms with Crippen LogP contribution in [0.4, 0.5) is 5.69 Å². The lowest BCUT2D eigenvalue weighted by Crippen LogP contribution is -2.34. The van der Waals surface area contributed by atoms with Crippen LogP contribution in [0.3, 0.4) is 0 Å². The smallest absolute Gasteiger partial charge is 0.240 e. The second-order valence-electron chi connectivity index (χ2n) is 4.93. The lowest BCUT2D eigenvalue weighted by molar-refractivity contribution is 0.483. The van der Waals surface area contributed by atoms with Gasteiger partial charge in [-0.1, -0.05) is 33.1 Å². The van der Waals surface area contributed by atoms with Gasteiger partial charge in [-0.2, -0.15) is 0 Å². The fourth-order valence-corrected chi connectivity index (χ4v) is 3.88. The van der Waals surface area contributed by atoms with Crippen LogP contribution in [0, 0.1) is 0 Å². The summed E-state index contributed by atoms with van der Waals surface area (Å²) >= 11 is 3.26. The van der Waals surface area contributed by atoms with Crippen molar-refractivity contribution in [2.75, 3.05) is 5.73 Å². The van der Waals surface area contributed by atoms with Crippen LogP contribution in [0.25, 0.3) is 0 Å². The number of hydrogen-bond donors (Lipinski definition) is 2. The molecule has 4 nitrogen and oxygen atoms in total. The molecule has 20 heavy (non-hydrogen) atoms. The molecular weight excluding hydrogens is 340 g/mol. The number of nitrogen functional groups attached to an aromatic ring is 1. The molecule has 0 radical (unpaired) electrons. The third-order valence-corrected chi connectivity index (χ3v) is 5.35. The summed E-state index contributed by atoms with van der Waals surface area (Å²) in [5, 5.41) is 0. The zero-order valence-electron chi connectivity index (χ0n) is 12.0. The maximum atomic E-state index is 12.4. The Hall–Kier alpha value is -0.590. The number of sulfonamides is 1. The molecule has 3 N–H and O–H groups in total. The number of nitrogens with two attached hydrogens (primary N) is 1. The van der Waals surface area contributed by atoms with Crippen molar-refractivity contribution in [2.45, 2.75) is 56.9 Å². The normalized spacial score (nSPS) is 13.3. The van der Waals surface area contributed by atoms with Crippen molar-refractivity contribution in [2.24, 2.45) is 0 Å². The predicted octanol–water partition coefficient (Wildman–Crippen LogP) is 3.67. The molecule has 0 saturated carbocycles. The van der Waals surface area contributed by atoms with Gasteiger partial charge in [0.15, 0.2) is 0 Å². The van der Waals surface area contributed by atoms with E-state index in [0.717, 1.165) is 32.1 Å². The van der Waals surface area contributed by atoms with Gasteiger partial charge >= 0.3 is 0 Å². The summed E-state index contributed by atoms with van der Waals surface area (Å²) in [6, 6.07) is 4.67. The monoisotopic (exact) mass is 362 g/mol. The second-order valence-corrected chi connectivity index (χ2v) is 7.50. The molecule has 114 valence electrons. The van der Waals surface area contributed by atoms with E-state index in [4.69, 9.17) is 5.73 Å². The average Bonchev–Trinajstić information content (AvgIpc) is 2.39. The molecule has 0 aromatic heterocycles. The van der Waals surface area contributed by atoms with Crippen LogP contribution in [-0.2, 0) is 10.0 Å². The minimum atomic E-state index is -3.49. The van der Waals surface area contributed by atoms with E-state index in [2.05, 4.69) is 34.5 Å². The molecule has 0 amide bonds. The largest absolute Gasteiger partial charge is 0.398 e. The van der Waals surface area contributed by atoms with Crippen LogP contribution < -0.4 is 10.5 Å². The number of halogens is 1. The number of rotatable bonds is 8. The molecule has 1 atom stereocenters. The highest BCUT2D eigenvalue weighted by molar-refractivity contribution is 9.10. The van der Waals surface area contributed by atoms with Crippen molar-refractivity contribution in [3.8, 4) is 0 Å². The van der Waals surface area contributed by atoms with Crippen LogP contribution in [0.2, 0.25) is 0 Å². The first kappa shape index (κ1) is 17.5. The van der Waals surface area contributed by atoms with Gasteiger partial charge in [-0.15, -0.1) is 0 Å². The molecule has 0 aliphatic rings. The van der Waals surface area contributed by atoms with E-state index in [0.29, 0.717) is 10.2 Å². The Balaban J connectivity index is 2.87. The molecule has 0 heterocycles. The molecular formula is C14H23BrN2O2S. The van der Waals surface area contributed by atoms with Gasteiger partial charge in [0.2, 0.25) is 10.0 Å². The highest BCUT2D eigenvalue weighted by Gasteiger charge is 2.19. The summed E-state index contributed by atoms with van der Waals surface area (Å²) in [6.07, 6.45) is 4.78. The zero-order valence-corrected chi connectivity index (χ0v) is 14.4. The summed E-state index contributed by atoms with van der Waals surface area (Å²) in [7, 11) is -3.49. The standard InChI is InChI=1S/C14H23BrN2O2S/c1-3-5-7-11(6-4-2)17-20(18,19)12-8-9-14(16)13(15)10-12/h8-11,17H,3-7,16H2,1-2H3. The zero-order chi connectivity index (χ0) is 15.2. The molecule has 0 aliphatic heterocycles. The Labute approximate surface area is 130 Å². The predicted molar refractivity (Wildman–Crippen MR) is 87.1 cm³/mol. The highest BCUT2D eigenvalue weighted by Crippen LogP contribution is 2.23. The molecule has 0 spiro atoms. The highest BCUT2D eigenvalue weighted by atomic mass is 79.9. The summed E-state index contributed by atoms with van der Waals surface area (Å²) in [6.45, 7) is 4.17. The van der Waals surface area contributed by atoms with E-state index in [1.54, 1.807) is 12.1 Å². The van der Waals surface area contributed by atoms with Crippen LogP contribution in [0.5, 0.6) is 0 Å². The maximum Gasteiger partial charge on any atom is 0.240 e. The Morgan fingerprint density at radius 1 is 1.25 bits per heavy atom. The van der Waals surface area contributed by atoms with Crippen molar-refractivity contribution >= 4 is 31.6 Å².